The Morgan fingerprint density at radius 1 is 0.737 bits per heavy atom. The zero-order chi connectivity index (χ0) is 68.8. The summed E-state index contributed by atoms with van der Waals surface area (Å²) >= 11 is 6.36. The van der Waals surface area contributed by atoms with Gasteiger partial charge in [-0.2, -0.15) is 0 Å². The van der Waals surface area contributed by atoms with E-state index in [-0.39, 0.29) is 46.9 Å². The molecular formula is C70H78ClN11O16S. The van der Waals surface area contributed by atoms with Crippen molar-refractivity contribution in [3.63, 3.8) is 0 Å². The van der Waals surface area contributed by atoms with Gasteiger partial charge in [-0.25, -0.2) is 18.1 Å². The number of halogens is 1. The summed E-state index contributed by atoms with van der Waals surface area (Å²) in [6.45, 7) is 11.5. The molecule has 1 unspecified atom stereocenters. The largest absolute Gasteiger partial charge is 0.493 e. The fraction of sp³-hybridized carbons (Fsp3) is 0.400. The second-order valence-corrected chi connectivity index (χ2v) is 26.8. The van der Waals surface area contributed by atoms with E-state index in [1.165, 1.54) is 24.4 Å². The Labute approximate surface area is 576 Å². The monoisotopic (exact) mass is 1400 g/mol. The first kappa shape index (κ1) is 69.8. The molecule has 5 aliphatic heterocycles. The van der Waals surface area contributed by atoms with E-state index < -0.39 is 61.1 Å². The molecule has 4 saturated heterocycles. The predicted molar refractivity (Wildman–Crippen MR) is 367 cm³/mol. The number of pyridine rings is 1. The summed E-state index contributed by atoms with van der Waals surface area (Å²) < 4.78 is 71.3. The number of nitrogens with one attached hydrogen (secondary N) is 5. The highest BCUT2D eigenvalue weighted by Gasteiger charge is 2.46. The zero-order valence-electron chi connectivity index (χ0n) is 54.5. The summed E-state index contributed by atoms with van der Waals surface area (Å²) in [5.74, 6) is -1.45. The SMILES string of the molecule is O=C1CCC(N2C(=O)c3cccc(NCCOCCOCCOCCOCCN4CC(COc5cccc(-c6ccc(Cl)cc6)c5CN5CCN(c6ccc(C(=O)NS(=O)(=O)c7ccc(NCC8CCOCC8)c([N+](=O)[O-])c7)c(Oc7cnc8[nH]ccc8c7)c6)CC5)C4)c3C2=O)C(=O)N1. The van der Waals surface area contributed by atoms with Gasteiger partial charge < -0.3 is 58.6 Å². The van der Waals surface area contributed by atoms with Crippen molar-refractivity contribution in [3.8, 4) is 28.4 Å². The number of anilines is 3. The van der Waals surface area contributed by atoms with E-state index in [4.69, 9.17) is 44.8 Å². The third kappa shape index (κ3) is 17.5. The van der Waals surface area contributed by atoms with Gasteiger partial charge in [0, 0.05) is 137 Å². The van der Waals surface area contributed by atoms with Crippen molar-refractivity contribution in [2.24, 2.45) is 11.8 Å². The molecule has 0 radical (unpaired) electrons. The highest BCUT2D eigenvalue weighted by Crippen LogP contribution is 2.38. The molecule has 5 aromatic carbocycles. The molecule has 0 spiro atoms. The number of nitro benzene ring substituents is 1. The molecule has 99 heavy (non-hydrogen) atoms. The molecule has 7 aromatic rings. The summed E-state index contributed by atoms with van der Waals surface area (Å²) in [6, 6.07) is 29.9. The third-order valence-electron chi connectivity index (χ3n) is 18.1. The Bertz CT molecular complexity index is 4180. The van der Waals surface area contributed by atoms with Gasteiger partial charge in [0.15, 0.2) is 0 Å². The van der Waals surface area contributed by atoms with Crippen LogP contribution >= 0.6 is 11.6 Å². The van der Waals surface area contributed by atoms with Crippen molar-refractivity contribution in [2.75, 3.05) is 147 Å². The van der Waals surface area contributed by atoms with Crippen LogP contribution in [-0.2, 0) is 49.8 Å². The van der Waals surface area contributed by atoms with E-state index >= 15 is 0 Å². The van der Waals surface area contributed by atoms with Crippen molar-refractivity contribution in [1.82, 2.24) is 34.7 Å². The number of piperazine rings is 1. The average Bonchev–Trinajstić information content (AvgIpc) is 1.65. The Balaban J connectivity index is 0.574. The molecule has 0 aliphatic carbocycles. The number of fused-ring (bicyclic) bond motifs is 2. The molecule has 0 saturated carbocycles. The van der Waals surface area contributed by atoms with Gasteiger partial charge in [-0.3, -0.25) is 49.2 Å². The van der Waals surface area contributed by atoms with Gasteiger partial charge in [-0.1, -0.05) is 41.9 Å². The molecule has 0 bridgehead atoms. The normalized spacial score (nSPS) is 17.2. The Hall–Kier alpha value is -9.10. The fourth-order valence-electron chi connectivity index (χ4n) is 12.7. The second kappa shape index (κ2) is 32.7. The smallest absolute Gasteiger partial charge is 0.293 e. The van der Waals surface area contributed by atoms with Crippen molar-refractivity contribution in [1.29, 1.82) is 0 Å². The van der Waals surface area contributed by atoms with E-state index in [1.807, 2.05) is 42.5 Å². The number of carbonyl (C=O) groups excluding carboxylic acids is 5. The van der Waals surface area contributed by atoms with Crippen LogP contribution in [0.25, 0.3) is 22.2 Å². The van der Waals surface area contributed by atoms with Crippen molar-refractivity contribution in [3.05, 3.63) is 159 Å². The summed E-state index contributed by atoms with van der Waals surface area (Å²) in [5.41, 5.74) is 4.98. The van der Waals surface area contributed by atoms with E-state index in [1.54, 1.807) is 42.6 Å². The maximum Gasteiger partial charge on any atom is 0.293 e. The number of nitrogens with zero attached hydrogens (tertiary/aromatic N) is 6. The van der Waals surface area contributed by atoms with Crippen molar-refractivity contribution < 1.29 is 70.5 Å². The standard InChI is InChI=1S/C70H78ClN11O16S/c71-50-9-7-48(8-10-50)54-3-2-6-62(97-45-47-42-79(43-47)26-30-94-32-34-96-36-35-95-33-31-93-29-21-72-59-5-1-4-56-65(59)70(87)81(69(56)86)60-15-16-64(83)76-68(60)85)57(54)44-78-22-24-80(25-23-78)51-11-13-55(63(38-51)98-52-37-49-17-20-73-66(49)75-41-52)67(84)77-99(90,91)53-12-14-58(61(39-53)82(88)89)74-40-46-18-27-92-28-19-46/h1-14,17,20,37-39,41,46-47,60,72,74H,15-16,18-19,21-36,40,42-45H2,(H,73,75)(H,77,84)(H,76,83,85). The van der Waals surface area contributed by atoms with Crippen LogP contribution in [0.3, 0.4) is 0 Å². The fourth-order valence-corrected chi connectivity index (χ4v) is 13.8. The minimum absolute atomic E-state index is 0.0468. The number of ether oxygens (including phenoxy) is 7. The van der Waals surface area contributed by atoms with Crippen LogP contribution in [0.2, 0.25) is 5.02 Å². The third-order valence-corrected chi connectivity index (χ3v) is 19.6. The number of aromatic nitrogens is 2. The number of amides is 5. The summed E-state index contributed by atoms with van der Waals surface area (Å²) in [4.78, 5) is 91.2. The first-order valence-corrected chi connectivity index (χ1v) is 35.0. The van der Waals surface area contributed by atoms with Gasteiger partial charge in [-0.05, 0) is 103 Å². The number of H-pyrrole nitrogens is 1. The Morgan fingerprint density at radius 3 is 2.21 bits per heavy atom. The van der Waals surface area contributed by atoms with Gasteiger partial charge in [0.25, 0.3) is 33.4 Å². The number of imide groups is 2. The maximum absolute atomic E-state index is 14.2. The molecule has 1 atom stereocenters. The number of sulfonamides is 1. The van der Waals surface area contributed by atoms with Gasteiger partial charge in [0.2, 0.25) is 11.8 Å². The lowest BCUT2D eigenvalue weighted by molar-refractivity contribution is -0.384. The highest BCUT2D eigenvalue weighted by molar-refractivity contribution is 7.90. The number of hydrogen-bond donors (Lipinski definition) is 5. The minimum Gasteiger partial charge on any atom is -0.493 e. The molecule has 27 nitrogen and oxygen atoms in total. The molecule has 5 amide bonds. The number of rotatable bonds is 33. The summed E-state index contributed by atoms with van der Waals surface area (Å²) in [7, 11) is -4.62. The number of piperidine rings is 1. The first-order chi connectivity index (χ1) is 48.1. The molecular weight excluding hydrogens is 1320 g/mol. The van der Waals surface area contributed by atoms with E-state index in [2.05, 4.69) is 51.4 Å². The molecule has 29 heteroatoms. The summed E-state index contributed by atoms with van der Waals surface area (Å²) in [5, 5.41) is 22.1. The molecule has 5 aliphatic rings. The number of aromatic amines is 1. The predicted octanol–water partition coefficient (Wildman–Crippen LogP) is 7.75. The first-order valence-electron chi connectivity index (χ1n) is 33.1. The van der Waals surface area contributed by atoms with Crippen LogP contribution in [0.15, 0.2) is 126 Å². The lowest BCUT2D eigenvalue weighted by Crippen LogP contribution is -2.54. The zero-order valence-corrected chi connectivity index (χ0v) is 56.0. The van der Waals surface area contributed by atoms with Crippen molar-refractivity contribution >= 4 is 84.9 Å². The van der Waals surface area contributed by atoms with Gasteiger partial charge >= 0.3 is 0 Å². The van der Waals surface area contributed by atoms with E-state index in [0.717, 1.165) is 77.0 Å². The van der Waals surface area contributed by atoms with Gasteiger partial charge in [0.05, 0.1) is 92.2 Å². The summed E-state index contributed by atoms with van der Waals surface area (Å²) in [6.07, 6.45) is 4.98. The van der Waals surface area contributed by atoms with E-state index in [9.17, 15) is 42.5 Å². The molecule has 522 valence electrons. The molecule has 4 fully saturated rings. The maximum atomic E-state index is 14.2. The molecule has 12 rings (SSSR count). The Kier molecular flexibility index (Phi) is 23.1. The van der Waals surface area contributed by atoms with Gasteiger partial charge in [0.1, 0.15) is 34.6 Å². The van der Waals surface area contributed by atoms with Crippen LogP contribution in [-0.4, -0.2) is 205 Å². The molecule has 2 aromatic heterocycles. The van der Waals surface area contributed by atoms with Crippen LogP contribution in [0.5, 0.6) is 17.2 Å². The number of likely N-dealkylation sites (tertiary alicyclic amines) is 1. The number of benzene rings is 5. The molecule has 5 N–H and O–H groups in total. The van der Waals surface area contributed by atoms with Gasteiger partial charge in [-0.15, -0.1) is 0 Å². The van der Waals surface area contributed by atoms with Crippen LogP contribution < -0.4 is 35.0 Å². The lowest BCUT2D eigenvalue weighted by atomic mass is 9.97. The van der Waals surface area contributed by atoms with E-state index in [0.29, 0.717) is 147 Å². The van der Waals surface area contributed by atoms with Crippen LogP contribution in [0, 0.1) is 22.0 Å². The topological polar surface area (TPSA) is 317 Å². The quantitative estimate of drug-likeness (QED) is 0.0114. The van der Waals surface area contributed by atoms with Crippen LogP contribution in [0.1, 0.15) is 62.3 Å². The number of hydrogen-bond acceptors (Lipinski definition) is 22. The second-order valence-electron chi connectivity index (χ2n) is 24.7. The van der Waals surface area contributed by atoms with Crippen LogP contribution in [0.4, 0.5) is 22.7 Å². The average molecular weight is 1400 g/mol. The number of carbonyl (C=O) groups is 5. The minimum atomic E-state index is -4.62. The van der Waals surface area contributed by atoms with Crippen molar-refractivity contribution in [2.45, 2.75) is 43.2 Å². The lowest BCUT2D eigenvalue weighted by Gasteiger charge is -2.39. The number of nitro groups is 1. The molecule has 7 heterocycles. The Morgan fingerprint density at radius 2 is 1.46 bits per heavy atom. The highest BCUT2D eigenvalue weighted by atomic mass is 35.5.